The molecule has 0 bridgehead atoms. The van der Waals surface area contributed by atoms with Crippen LogP contribution in [0.15, 0.2) is 42.5 Å². The number of esters is 1. The first-order valence-electron chi connectivity index (χ1n) is 8.15. The lowest BCUT2D eigenvalue weighted by Crippen LogP contribution is -2.33. The van der Waals surface area contributed by atoms with E-state index >= 15 is 0 Å². The van der Waals surface area contributed by atoms with Crippen LogP contribution in [-0.2, 0) is 16.0 Å². The molecule has 9 heteroatoms. The van der Waals surface area contributed by atoms with Gasteiger partial charge in [-0.2, -0.15) is 0 Å². The lowest BCUT2D eigenvalue weighted by atomic mass is 10.1. The molecule has 0 atom stereocenters. The van der Waals surface area contributed by atoms with Gasteiger partial charge in [-0.25, -0.2) is 9.18 Å². The molecular formula is C18H17FN4O4. The first kappa shape index (κ1) is 18.3. The Kier molecular flexibility index (Phi) is 5.60. The van der Waals surface area contributed by atoms with Crippen LogP contribution in [0.3, 0.4) is 0 Å². The molecule has 0 spiro atoms. The number of amides is 1. The first-order valence-corrected chi connectivity index (χ1v) is 8.15. The normalized spacial score (nSPS) is 10.6. The smallest absolute Gasteiger partial charge is 0.337 e. The number of nitrogens with one attached hydrogen (secondary N) is 1. The summed E-state index contributed by atoms with van der Waals surface area (Å²) in [7, 11) is 1.29. The lowest BCUT2D eigenvalue weighted by molar-refractivity contribution is -0.126. The fourth-order valence-electron chi connectivity index (χ4n) is 2.41. The number of carbonyl (C=O) groups excluding carboxylic acids is 2. The van der Waals surface area contributed by atoms with Gasteiger partial charge in [-0.3, -0.25) is 4.79 Å². The number of nitrogens with zero attached hydrogens (tertiary/aromatic N) is 3. The second-order valence-corrected chi connectivity index (χ2v) is 5.66. The van der Waals surface area contributed by atoms with Gasteiger partial charge in [-0.15, -0.1) is 5.10 Å². The van der Waals surface area contributed by atoms with Crippen molar-refractivity contribution >= 4 is 22.9 Å². The minimum absolute atomic E-state index is 0.273. The van der Waals surface area contributed by atoms with Crippen molar-refractivity contribution in [2.45, 2.75) is 6.42 Å². The molecule has 27 heavy (non-hydrogen) atoms. The SMILES string of the molecule is COC(=O)c1ccc2nnn(OCC(=O)NCCc3ccc(F)cc3)c2c1. The van der Waals surface area contributed by atoms with Crippen LogP contribution in [0.4, 0.5) is 4.39 Å². The molecule has 0 fully saturated rings. The zero-order chi connectivity index (χ0) is 19.2. The monoisotopic (exact) mass is 372 g/mol. The standard InChI is InChI=1S/C18H17FN4O4/c1-26-18(25)13-4-7-15-16(10-13)23(22-21-15)27-11-17(24)20-9-8-12-2-5-14(19)6-3-12/h2-7,10H,8-9,11H2,1H3,(H,20,24). The molecular weight excluding hydrogens is 355 g/mol. The maximum atomic E-state index is 12.8. The van der Waals surface area contributed by atoms with E-state index in [0.717, 1.165) is 10.4 Å². The minimum atomic E-state index is -0.497. The quantitative estimate of drug-likeness (QED) is 0.625. The number of ether oxygens (including phenoxy) is 1. The maximum Gasteiger partial charge on any atom is 0.337 e. The summed E-state index contributed by atoms with van der Waals surface area (Å²) in [6.07, 6.45) is 0.570. The second kappa shape index (κ2) is 8.26. The van der Waals surface area contributed by atoms with E-state index in [0.29, 0.717) is 29.6 Å². The van der Waals surface area contributed by atoms with Crippen molar-refractivity contribution in [2.75, 3.05) is 20.3 Å². The van der Waals surface area contributed by atoms with Crippen molar-refractivity contribution in [3.05, 3.63) is 59.4 Å². The molecule has 0 saturated heterocycles. The Hall–Kier alpha value is -3.49. The Balaban J connectivity index is 1.53. The van der Waals surface area contributed by atoms with Crippen molar-refractivity contribution in [3.8, 4) is 0 Å². The molecule has 0 aliphatic heterocycles. The topological polar surface area (TPSA) is 95.3 Å². The van der Waals surface area contributed by atoms with Gasteiger partial charge in [-0.1, -0.05) is 17.0 Å². The number of rotatable bonds is 7. The predicted octanol–water partition coefficient (Wildman–Crippen LogP) is 1.14. The molecule has 8 nitrogen and oxygen atoms in total. The van der Waals surface area contributed by atoms with Crippen molar-refractivity contribution in [1.29, 1.82) is 0 Å². The third-order valence-corrected chi connectivity index (χ3v) is 3.80. The van der Waals surface area contributed by atoms with Gasteiger partial charge in [0, 0.05) is 6.54 Å². The largest absolute Gasteiger partial charge is 0.465 e. The molecule has 1 aromatic heterocycles. The predicted molar refractivity (Wildman–Crippen MR) is 93.4 cm³/mol. The van der Waals surface area contributed by atoms with Crippen molar-refractivity contribution in [2.24, 2.45) is 0 Å². The van der Waals surface area contributed by atoms with Crippen molar-refractivity contribution < 1.29 is 23.6 Å². The highest BCUT2D eigenvalue weighted by atomic mass is 19.1. The minimum Gasteiger partial charge on any atom is -0.465 e. The van der Waals surface area contributed by atoms with Crippen LogP contribution in [0.25, 0.3) is 11.0 Å². The molecule has 0 radical (unpaired) electrons. The number of hydrogen-bond acceptors (Lipinski definition) is 6. The summed E-state index contributed by atoms with van der Waals surface area (Å²) in [5, 5.41) is 10.4. The number of hydrogen-bond donors (Lipinski definition) is 1. The molecule has 1 heterocycles. The third kappa shape index (κ3) is 4.57. The van der Waals surface area contributed by atoms with E-state index in [9.17, 15) is 14.0 Å². The van der Waals surface area contributed by atoms with Crippen molar-refractivity contribution in [3.63, 3.8) is 0 Å². The summed E-state index contributed by atoms with van der Waals surface area (Å²) >= 11 is 0. The zero-order valence-corrected chi connectivity index (χ0v) is 14.5. The molecule has 0 aliphatic carbocycles. The Labute approximate surface area is 153 Å². The molecule has 140 valence electrons. The van der Waals surface area contributed by atoms with Gasteiger partial charge in [-0.05, 0) is 47.5 Å². The highest BCUT2D eigenvalue weighted by Gasteiger charge is 2.12. The maximum absolute atomic E-state index is 12.8. The molecule has 0 saturated carbocycles. The Morgan fingerprint density at radius 3 is 2.70 bits per heavy atom. The van der Waals surface area contributed by atoms with E-state index < -0.39 is 5.97 Å². The zero-order valence-electron chi connectivity index (χ0n) is 14.5. The second-order valence-electron chi connectivity index (χ2n) is 5.66. The van der Waals surface area contributed by atoms with Crippen LogP contribution in [0.1, 0.15) is 15.9 Å². The molecule has 2 aromatic carbocycles. The summed E-state index contributed by atoms with van der Waals surface area (Å²) in [5.74, 6) is -1.14. The fourth-order valence-corrected chi connectivity index (χ4v) is 2.41. The summed E-state index contributed by atoms with van der Waals surface area (Å²) < 4.78 is 17.5. The number of benzene rings is 2. The molecule has 3 aromatic rings. The van der Waals surface area contributed by atoms with Gasteiger partial charge in [0.25, 0.3) is 5.91 Å². The molecule has 3 rings (SSSR count). The van der Waals surface area contributed by atoms with Gasteiger partial charge >= 0.3 is 5.97 Å². The molecule has 1 amide bonds. The number of fused-ring (bicyclic) bond motifs is 1. The van der Waals surface area contributed by atoms with E-state index in [-0.39, 0.29) is 18.3 Å². The third-order valence-electron chi connectivity index (χ3n) is 3.80. The van der Waals surface area contributed by atoms with E-state index in [1.54, 1.807) is 24.3 Å². The van der Waals surface area contributed by atoms with Gasteiger partial charge in [0.1, 0.15) is 16.9 Å². The van der Waals surface area contributed by atoms with Crippen LogP contribution >= 0.6 is 0 Å². The summed E-state index contributed by atoms with van der Waals surface area (Å²) in [4.78, 5) is 29.9. The number of methoxy groups -OCH3 is 1. The van der Waals surface area contributed by atoms with Crippen molar-refractivity contribution in [1.82, 2.24) is 20.5 Å². The van der Waals surface area contributed by atoms with E-state index in [1.165, 1.54) is 25.3 Å². The number of aromatic nitrogens is 3. The van der Waals surface area contributed by atoms with E-state index in [1.807, 2.05) is 0 Å². The molecule has 0 unspecified atom stereocenters. The van der Waals surface area contributed by atoms with Crippen LogP contribution in [0.2, 0.25) is 0 Å². The van der Waals surface area contributed by atoms with Gasteiger partial charge < -0.3 is 14.9 Å². The molecule has 0 aliphatic rings. The van der Waals surface area contributed by atoms with E-state index in [4.69, 9.17) is 4.84 Å². The van der Waals surface area contributed by atoms with Gasteiger partial charge in [0.05, 0.1) is 12.7 Å². The van der Waals surface area contributed by atoms with Gasteiger partial charge in [0.15, 0.2) is 6.61 Å². The van der Waals surface area contributed by atoms with Crippen LogP contribution in [0.5, 0.6) is 0 Å². The fraction of sp³-hybridized carbons (Fsp3) is 0.222. The van der Waals surface area contributed by atoms with E-state index in [2.05, 4.69) is 20.4 Å². The lowest BCUT2D eigenvalue weighted by Gasteiger charge is -2.07. The highest BCUT2D eigenvalue weighted by Crippen LogP contribution is 2.13. The van der Waals surface area contributed by atoms with Crippen LogP contribution in [-0.4, -0.2) is 47.3 Å². The Bertz CT molecular complexity index is 956. The average Bonchev–Trinajstić information content (AvgIpc) is 3.09. The average molecular weight is 372 g/mol. The molecule has 1 N–H and O–H groups in total. The summed E-state index contributed by atoms with van der Waals surface area (Å²) in [6, 6.07) is 10.8. The van der Waals surface area contributed by atoms with Crippen LogP contribution < -0.4 is 10.2 Å². The number of halogens is 1. The number of carbonyl (C=O) groups is 2. The summed E-state index contributed by atoms with van der Waals surface area (Å²) in [5.41, 5.74) is 2.19. The van der Waals surface area contributed by atoms with Gasteiger partial charge in [0.2, 0.25) is 0 Å². The van der Waals surface area contributed by atoms with Crippen LogP contribution in [0, 0.1) is 5.82 Å². The first-order chi connectivity index (χ1) is 13.1. The Morgan fingerprint density at radius 1 is 1.19 bits per heavy atom. The Morgan fingerprint density at radius 2 is 1.96 bits per heavy atom. The summed E-state index contributed by atoms with van der Waals surface area (Å²) in [6.45, 7) is 0.114. The highest BCUT2D eigenvalue weighted by molar-refractivity contribution is 5.93.